The van der Waals surface area contributed by atoms with Crippen molar-refractivity contribution in [3.05, 3.63) is 129 Å². The first kappa shape index (κ1) is 33.8. The molecule has 2 unspecified atom stereocenters. The zero-order valence-corrected chi connectivity index (χ0v) is 29.7. The van der Waals surface area contributed by atoms with E-state index in [4.69, 9.17) is 11.6 Å². The van der Waals surface area contributed by atoms with Gasteiger partial charge in [-0.25, -0.2) is 0 Å². The lowest BCUT2D eigenvalue weighted by atomic mass is 9.95. The van der Waals surface area contributed by atoms with Crippen LogP contribution in [-0.2, 0) is 35.5 Å². The minimum atomic E-state index is -0.600. The van der Waals surface area contributed by atoms with Gasteiger partial charge in [-0.1, -0.05) is 54.1 Å². The molecule has 1 saturated heterocycles. The van der Waals surface area contributed by atoms with E-state index in [1.54, 1.807) is 4.90 Å². The molecule has 3 amide bonds. The number of nitrogens with zero attached hydrogens (tertiary/aromatic N) is 4. The topological polar surface area (TPSA) is 121 Å². The van der Waals surface area contributed by atoms with Gasteiger partial charge < -0.3 is 15.5 Å². The summed E-state index contributed by atoms with van der Waals surface area (Å²) in [5.74, 6) is 1.06. The number of benzene rings is 4. The number of imide groups is 1. The van der Waals surface area contributed by atoms with Crippen molar-refractivity contribution < 1.29 is 14.4 Å². The maximum absolute atomic E-state index is 13.2. The molecule has 3 aliphatic heterocycles. The Morgan fingerprint density at radius 1 is 0.904 bits per heavy atom. The Labute approximate surface area is 307 Å². The molecular formula is C41H40ClN7O3. The van der Waals surface area contributed by atoms with Crippen LogP contribution in [0.4, 0.5) is 5.69 Å². The highest BCUT2D eigenvalue weighted by atomic mass is 35.5. The highest BCUT2D eigenvalue weighted by Gasteiger charge is 2.39. The lowest BCUT2D eigenvalue weighted by Gasteiger charge is -2.29. The highest BCUT2D eigenvalue weighted by molar-refractivity contribution is 6.30. The number of carbonyl (C=O) groups is 3. The van der Waals surface area contributed by atoms with Crippen LogP contribution in [0.25, 0.3) is 16.8 Å². The van der Waals surface area contributed by atoms with Gasteiger partial charge in [0.15, 0.2) is 0 Å². The molecule has 3 aliphatic rings. The minimum Gasteiger partial charge on any atom is -0.378 e. The zero-order chi connectivity index (χ0) is 35.8. The Bertz CT molecular complexity index is 2160. The second-order valence-electron chi connectivity index (χ2n) is 13.8. The van der Waals surface area contributed by atoms with Gasteiger partial charge in [-0.2, -0.15) is 0 Å². The van der Waals surface area contributed by atoms with Gasteiger partial charge in [0.2, 0.25) is 11.8 Å². The Balaban J connectivity index is 0.899. The van der Waals surface area contributed by atoms with E-state index in [0.717, 1.165) is 84.1 Å². The van der Waals surface area contributed by atoms with Crippen molar-refractivity contribution >= 4 is 35.0 Å². The fourth-order valence-corrected chi connectivity index (χ4v) is 7.89. The Hall–Kier alpha value is -5.32. The number of hydrogen-bond donors (Lipinski definition) is 3. The average Bonchev–Trinajstić information content (AvgIpc) is 3.64. The molecule has 11 heteroatoms. The second-order valence-corrected chi connectivity index (χ2v) is 14.3. The molecule has 2 atom stereocenters. The van der Waals surface area contributed by atoms with E-state index >= 15 is 0 Å². The molecule has 3 N–H and O–H groups in total. The molecule has 0 spiro atoms. The van der Waals surface area contributed by atoms with Crippen LogP contribution in [0, 0.1) is 6.92 Å². The number of amides is 3. The Morgan fingerprint density at radius 2 is 1.71 bits per heavy atom. The van der Waals surface area contributed by atoms with E-state index in [0.29, 0.717) is 23.6 Å². The van der Waals surface area contributed by atoms with Crippen molar-refractivity contribution in [3.63, 3.8) is 0 Å². The lowest BCUT2D eigenvalue weighted by molar-refractivity contribution is -0.136. The van der Waals surface area contributed by atoms with E-state index in [1.165, 1.54) is 11.1 Å². The Morgan fingerprint density at radius 3 is 2.52 bits per heavy atom. The maximum atomic E-state index is 13.2. The first-order chi connectivity index (χ1) is 25.3. The van der Waals surface area contributed by atoms with Gasteiger partial charge in [0.25, 0.3) is 5.91 Å². The lowest BCUT2D eigenvalue weighted by Crippen LogP contribution is -2.52. The number of halogens is 1. The molecule has 0 saturated carbocycles. The van der Waals surface area contributed by atoms with E-state index < -0.39 is 6.04 Å². The van der Waals surface area contributed by atoms with Crippen LogP contribution in [0.5, 0.6) is 0 Å². The third-order valence-electron chi connectivity index (χ3n) is 10.5. The molecule has 264 valence electrons. The number of carbonyl (C=O) groups excluding carboxylic acids is 3. The van der Waals surface area contributed by atoms with Crippen molar-refractivity contribution in [2.45, 2.75) is 70.6 Å². The molecular weight excluding hydrogens is 674 g/mol. The van der Waals surface area contributed by atoms with Crippen LogP contribution in [0.15, 0.2) is 84.9 Å². The summed E-state index contributed by atoms with van der Waals surface area (Å²) in [7, 11) is 0. The normalized spacial score (nSPS) is 18.0. The molecule has 0 bridgehead atoms. The summed E-state index contributed by atoms with van der Waals surface area (Å²) in [6.45, 7) is 3.99. The third-order valence-corrected chi connectivity index (χ3v) is 10.7. The van der Waals surface area contributed by atoms with Crippen LogP contribution in [0.1, 0.15) is 76.0 Å². The van der Waals surface area contributed by atoms with Crippen molar-refractivity contribution in [3.8, 4) is 16.8 Å². The number of aryl methyl sites for hydroxylation is 3. The number of hydrogen-bond acceptors (Lipinski definition) is 7. The molecule has 10 nitrogen and oxygen atoms in total. The van der Waals surface area contributed by atoms with Crippen LogP contribution in [-0.4, -0.2) is 50.0 Å². The fourth-order valence-electron chi connectivity index (χ4n) is 7.76. The molecule has 4 aromatic carbocycles. The quantitative estimate of drug-likeness (QED) is 0.112. The van der Waals surface area contributed by atoms with Crippen LogP contribution < -0.4 is 16.0 Å². The molecule has 0 radical (unpaired) electrons. The Kier molecular flexibility index (Phi) is 9.34. The van der Waals surface area contributed by atoms with Crippen molar-refractivity contribution in [2.75, 3.05) is 11.9 Å². The van der Waals surface area contributed by atoms with Crippen LogP contribution in [0.2, 0.25) is 5.02 Å². The third kappa shape index (κ3) is 6.71. The van der Waals surface area contributed by atoms with E-state index in [2.05, 4.69) is 79.2 Å². The fraction of sp³-hybridized carbons (Fsp3) is 0.293. The van der Waals surface area contributed by atoms with Gasteiger partial charge in [-0.3, -0.25) is 24.3 Å². The van der Waals surface area contributed by atoms with Crippen molar-refractivity contribution in [1.29, 1.82) is 0 Å². The first-order valence-corrected chi connectivity index (χ1v) is 18.3. The van der Waals surface area contributed by atoms with Gasteiger partial charge in [0.05, 0.1) is 11.7 Å². The monoisotopic (exact) mass is 713 g/mol. The molecule has 52 heavy (non-hydrogen) atoms. The SMILES string of the molecule is Cc1nnc2n1-c1ccc(-c3ccc(CNCCCc4cccc5c4CN(C4CCC(=O)NC4=O)C5=O)cc3)cc1C(Nc1ccc(Cl)cc1)CC2. The average molecular weight is 714 g/mol. The minimum absolute atomic E-state index is 0.0856. The largest absolute Gasteiger partial charge is 0.378 e. The smallest absolute Gasteiger partial charge is 0.255 e. The molecule has 8 rings (SSSR count). The molecule has 1 aromatic heterocycles. The van der Waals surface area contributed by atoms with Gasteiger partial charge in [0.1, 0.15) is 17.7 Å². The summed E-state index contributed by atoms with van der Waals surface area (Å²) in [6.07, 6.45) is 4.05. The first-order valence-electron chi connectivity index (χ1n) is 17.9. The predicted octanol–water partition coefficient (Wildman–Crippen LogP) is 6.48. The van der Waals surface area contributed by atoms with E-state index in [-0.39, 0.29) is 30.2 Å². The van der Waals surface area contributed by atoms with E-state index in [9.17, 15) is 14.4 Å². The molecule has 5 aromatic rings. The number of nitrogens with one attached hydrogen (secondary N) is 3. The van der Waals surface area contributed by atoms with Crippen molar-refractivity contribution in [2.24, 2.45) is 0 Å². The number of piperidine rings is 1. The summed E-state index contributed by atoms with van der Waals surface area (Å²) in [5, 5.41) is 19.3. The summed E-state index contributed by atoms with van der Waals surface area (Å²) in [6, 6.07) is 28.6. The van der Waals surface area contributed by atoms with Gasteiger partial charge in [-0.15, -0.1) is 10.2 Å². The van der Waals surface area contributed by atoms with Crippen LogP contribution >= 0.6 is 11.6 Å². The summed E-state index contributed by atoms with van der Waals surface area (Å²) < 4.78 is 2.18. The number of rotatable bonds is 10. The van der Waals surface area contributed by atoms with Gasteiger partial charge in [-0.05, 0) is 115 Å². The molecule has 4 heterocycles. The highest BCUT2D eigenvalue weighted by Crippen LogP contribution is 2.37. The standard InChI is InChI=1S/C41H40ClN7O3/c1-25-46-47-38-19-16-35(44-31-14-12-30(42)13-15-31)33-22-29(11-17-36(33)49(25)38)27-9-7-26(8-10-27)23-43-21-3-5-28-4-2-6-32-34(28)24-48(41(32)52)37-18-20-39(50)45-40(37)51/h2,4,6-15,17,22,35,37,43-44H,3,5,16,18-21,23-24H2,1H3,(H,45,50,51). The summed E-state index contributed by atoms with van der Waals surface area (Å²) >= 11 is 6.16. The number of anilines is 1. The van der Waals surface area contributed by atoms with Gasteiger partial charge in [0, 0.05) is 42.2 Å². The number of aromatic nitrogens is 3. The summed E-state index contributed by atoms with van der Waals surface area (Å²) in [5.41, 5.74) is 9.64. The number of fused-ring (bicyclic) bond motifs is 4. The summed E-state index contributed by atoms with van der Waals surface area (Å²) in [4.78, 5) is 38.9. The predicted molar refractivity (Wildman–Crippen MR) is 200 cm³/mol. The molecule has 1 fully saturated rings. The van der Waals surface area contributed by atoms with Crippen LogP contribution in [0.3, 0.4) is 0 Å². The zero-order valence-electron chi connectivity index (χ0n) is 29.0. The van der Waals surface area contributed by atoms with Crippen molar-refractivity contribution in [1.82, 2.24) is 30.3 Å². The second kappa shape index (κ2) is 14.4. The van der Waals surface area contributed by atoms with E-state index in [1.807, 2.05) is 43.3 Å². The molecule has 0 aliphatic carbocycles. The maximum Gasteiger partial charge on any atom is 0.255 e. The van der Waals surface area contributed by atoms with Gasteiger partial charge >= 0.3 is 0 Å².